The Morgan fingerprint density at radius 3 is 2.31 bits per heavy atom. The summed E-state index contributed by atoms with van der Waals surface area (Å²) in [6.07, 6.45) is -2.11. The number of benzene rings is 2. The number of rotatable bonds is 12. The van der Waals surface area contributed by atoms with Crippen LogP contribution in [0.5, 0.6) is 17.4 Å². The number of aromatic nitrogens is 1. The molecule has 13 heteroatoms. The molecule has 9 N–H and O–H groups in total. The van der Waals surface area contributed by atoms with E-state index in [1.807, 2.05) is 0 Å². The monoisotopic (exact) mass is 517 g/mol. The van der Waals surface area contributed by atoms with E-state index >= 15 is 0 Å². The predicted molar refractivity (Wildman–Crippen MR) is 133 cm³/mol. The van der Waals surface area contributed by atoms with Crippen LogP contribution in [0.2, 0.25) is 0 Å². The first-order valence-corrected chi connectivity index (χ1v) is 11.6. The Hall–Kier alpha value is -3.75. The highest BCUT2D eigenvalue weighted by atomic mass is 32.1. The second-order valence-corrected chi connectivity index (χ2v) is 8.37. The number of anilines is 2. The second-order valence-electron chi connectivity index (χ2n) is 7.60. The summed E-state index contributed by atoms with van der Waals surface area (Å²) >= 11 is 0.946. The molecule has 0 saturated carbocycles. The number of ether oxygens (including phenoxy) is 1. The largest absolute Gasteiger partial charge is 0.492 e. The molecule has 2 atom stereocenters. The Kier molecular flexibility index (Phi) is 9.55. The zero-order valence-corrected chi connectivity index (χ0v) is 19.8. The van der Waals surface area contributed by atoms with Crippen molar-refractivity contribution < 1.29 is 35.1 Å². The fraction of sp³-hybridized carbons (Fsp3) is 0.261. The van der Waals surface area contributed by atoms with Gasteiger partial charge in [-0.1, -0.05) is 12.1 Å². The van der Waals surface area contributed by atoms with Gasteiger partial charge < -0.3 is 46.2 Å². The van der Waals surface area contributed by atoms with Gasteiger partial charge in [0.1, 0.15) is 27.9 Å². The standard InChI is InChI=1S/C23H27N5O7S/c24-20(25-9-14(31)11-29)19-22(34)28-36-23(19)27-13-5-7-16(8-6-13)35-18-4-2-1-3-17(18)21(33)26-10-15(32)12-30/h1-8,14-15,27,29-32H,9-12H2,(H2,24,25)(H,26,33)(H,28,34). The number of carbonyl (C=O) groups is 1. The van der Waals surface area contributed by atoms with Crippen LogP contribution in [0.25, 0.3) is 0 Å². The van der Waals surface area contributed by atoms with E-state index in [4.69, 9.17) is 20.4 Å². The number of carbonyl (C=O) groups excluding carboxylic acids is 1. The molecule has 12 nitrogen and oxygen atoms in total. The van der Waals surface area contributed by atoms with E-state index in [0.717, 1.165) is 11.5 Å². The first kappa shape index (κ1) is 26.8. The number of nitrogens with zero attached hydrogens (tertiary/aromatic N) is 1. The van der Waals surface area contributed by atoms with Crippen LogP contribution in [-0.4, -0.2) is 80.2 Å². The lowest BCUT2D eigenvalue weighted by atomic mass is 10.2. The Morgan fingerprint density at radius 2 is 1.64 bits per heavy atom. The molecule has 2 unspecified atom stereocenters. The summed E-state index contributed by atoms with van der Waals surface area (Å²) in [5, 5.41) is 63.5. The van der Waals surface area contributed by atoms with Crippen LogP contribution in [0.3, 0.4) is 0 Å². The molecule has 2 aromatic carbocycles. The van der Waals surface area contributed by atoms with E-state index in [-0.39, 0.29) is 35.9 Å². The summed E-state index contributed by atoms with van der Waals surface area (Å²) in [6, 6.07) is 13.3. The van der Waals surface area contributed by atoms with Crippen molar-refractivity contribution in [1.29, 1.82) is 5.41 Å². The third-order valence-electron chi connectivity index (χ3n) is 4.83. The predicted octanol–water partition coefficient (Wildman–Crippen LogP) is 0.736. The lowest BCUT2D eigenvalue weighted by Crippen LogP contribution is -2.34. The molecule has 0 radical (unpaired) electrons. The van der Waals surface area contributed by atoms with Gasteiger partial charge in [0.15, 0.2) is 0 Å². The number of aliphatic hydroxyl groups is 4. The lowest BCUT2D eigenvalue weighted by Gasteiger charge is -2.14. The van der Waals surface area contributed by atoms with Crippen LogP contribution >= 0.6 is 11.5 Å². The number of aliphatic hydroxyl groups excluding tert-OH is 4. The number of hydrogen-bond donors (Lipinski definition) is 9. The molecular formula is C23H27N5O7S. The number of para-hydroxylation sites is 1. The first-order chi connectivity index (χ1) is 17.3. The third kappa shape index (κ3) is 7.13. The zero-order chi connectivity index (χ0) is 26.1. The molecule has 3 aromatic rings. The van der Waals surface area contributed by atoms with Gasteiger partial charge in [0, 0.05) is 18.8 Å². The van der Waals surface area contributed by atoms with Gasteiger partial charge in [-0.25, -0.2) is 0 Å². The summed E-state index contributed by atoms with van der Waals surface area (Å²) in [6.45, 7) is -1.10. The van der Waals surface area contributed by atoms with Gasteiger partial charge >= 0.3 is 0 Å². The van der Waals surface area contributed by atoms with Crippen molar-refractivity contribution in [2.24, 2.45) is 0 Å². The summed E-state index contributed by atoms with van der Waals surface area (Å²) in [4.78, 5) is 12.5. The van der Waals surface area contributed by atoms with Gasteiger partial charge in [-0.2, -0.15) is 4.37 Å². The minimum absolute atomic E-state index is 0.0718. The lowest BCUT2D eigenvalue weighted by molar-refractivity contribution is 0.0800. The SMILES string of the molecule is N=C(NCC(O)CO)c1c(O)nsc1Nc1ccc(Oc2ccccc2C(=O)NCC(O)CO)cc1. The maximum Gasteiger partial charge on any atom is 0.255 e. The quantitative estimate of drug-likeness (QED) is 0.122. The van der Waals surface area contributed by atoms with Crippen LogP contribution in [0.4, 0.5) is 10.7 Å². The van der Waals surface area contributed by atoms with Crippen molar-refractivity contribution in [3.63, 3.8) is 0 Å². The highest BCUT2D eigenvalue weighted by Gasteiger charge is 2.19. The zero-order valence-electron chi connectivity index (χ0n) is 19.0. The number of amides is 1. The summed E-state index contributed by atoms with van der Waals surface area (Å²) in [7, 11) is 0. The average Bonchev–Trinajstić information content (AvgIpc) is 3.26. The van der Waals surface area contributed by atoms with Crippen molar-refractivity contribution in [2.45, 2.75) is 12.2 Å². The van der Waals surface area contributed by atoms with Crippen molar-refractivity contribution in [1.82, 2.24) is 15.0 Å². The molecule has 0 aliphatic rings. The fourth-order valence-electron chi connectivity index (χ4n) is 2.94. The molecule has 0 fully saturated rings. The van der Waals surface area contributed by atoms with Crippen molar-refractivity contribution in [3.05, 3.63) is 59.7 Å². The maximum atomic E-state index is 12.5. The topological polar surface area (TPSA) is 200 Å². The molecule has 36 heavy (non-hydrogen) atoms. The number of hydrogen-bond acceptors (Lipinski definition) is 11. The second kappa shape index (κ2) is 12.8. The Morgan fingerprint density at radius 1 is 1.00 bits per heavy atom. The Labute approximate surface area is 210 Å². The molecule has 192 valence electrons. The van der Waals surface area contributed by atoms with Gasteiger partial charge in [-0.3, -0.25) is 10.2 Å². The number of aromatic hydroxyl groups is 1. The summed E-state index contributed by atoms with van der Waals surface area (Å²) in [5.41, 5.74) is 0.989. The van der Waals surface area contributed by atoms with E-state index in [1.165, 1.54) is 0 Å². The molecule has 0 saturated heterocycles. The van der Waals surface area contributed by atoms with Crippen LogP contribution in [-0.2, 0) is 0 Å². The van der Waals surface area contributed by atoms with Gasteiger partial charge in [0.2, 0.25) is 5.88 Å². The molecule has 0 spiro atoms. The van der Waals surface area contributed by atoms with E-state index in [1.54, 1.807) is 48.5 Å². The smallest absolute Gasteiger partial charge is 0.255 e. The molecule has 3 rings (SSSR count). The molecule has 0 aliphatic carbocycles. The summed E-state index contributed by atoms with van der Waals surface area (Å²) < 4.78 is 9.72. The Bertz CT molecular complexity index is 1170. The highest BCUT2D eigenvalue weighted by Crippen LogP contribution is 2.33. The van der Waals surface area contributed by atoms with Crippen LogP contribution in [0.1, 0.15) is 15.9 Å². The van der Waals surface area contributed by atoms with Crippen molar-refractivity contribution >= 4 is 34.0 Å². The van der Waals surface area contributed by atoms with E-state index < -0.39 is 31.3 Å². The fourth-order valence-corrected chi connectivity index (χ4v) is 3.66. The molecular weight excluding hydrogens is 490 g/mol. The first-order valence-electron chi connectivity index (χ1n) is 10.8. The van der Waals surface area contributed by atoms with Gasteiger partial charge in [0.25, 0.3) is 5.91 Å². The van der Waals surface area contributed by atoms with E-state index in [2.05, 4.69) is 20.3 Å². The third-order valence-corrected chi connectivity index (χ3v) is 5.58. The van der Waals surface area contributed by atoms with E-state index in [0.29, 0.717) is 22.2 Å². The van der Waals surface area contributed by atoms with Crippen LogP contribution < -0.4 is 20.7 Å². The Balaban J connectivity index is 1.68. The molecule has 0 bridgehead atoms. The molecule has 1 heterocycles. The minimum atomic E-state index is -1.06. The number of amidine groups is 1. The highest BCUT2D eigenvalue weighted by molar-refractivity contribution is 7.11. The van der Waals surface area contributed by atoms with Gasteiger partial charge in [-0.15, -0.1) is 0 Å². The average molecular weight is 518 g/mol. The van der Waals surface area contributed by atoms with Crippen LogP contribution in [0.15, 0.2) is 48.5 Å². The van der Waals surface area contributed by atoms with Crippen molar-refractivity contribution in [2.75, 3.05) is 31.6 Å². The normalized spacial score (nSPS) is 12.4. The van der Waals surface area contributed by atoms with Crippen molar-refractivity contribution in [3.8, 4) is 17.4 Å². The number of nitrogens with one attached hydrogen (secondary N) is 4. The van der Waals surface area contributed by atoms with Crippen LogP contribution in [0, 0.1) is 5.41 Å². The summed E-state index contributed by atoms with van der Waals surface area (Å²) in [5.74, 6) is -0.238. The molecule has 1 amide bonds. The molecule has 1 aromatic heterocycles. The minimum Gasteiger partial charge on any atom is -0.492 e. The maximum absolute atomic E-state index is 12.5. The van der Waals surface area contributed by atoms with Gasteiger partial charge in [-0.05, 0) is 47.9 Å². The van der Waals surface area contributed by atoms with E-state index in [9.17, 15) is 20.1 Å². The molecule has 0 aliphatic heterocycles. The van der Waals surface area contributed by atoms with Gasteiger partial charge in [0.05, 0.1) is 31.0 Å².